The van der Waals surface area contributed by atoms with E-state index in [4.69, 9.17) is 0 Å². The molecule has 1 atom stereocenters. The van der Waals surface area contributed by atoms with Crippen molar-refractivity contribution in [2.75, 3.05) is 0 Å². The highest BCUT2D eigenvalue weighted by molar-refractivity contribution is 9.10. The van der Waals surface area contributed by atoms with E-state index in [0.29, 0.717) is 6.04 Å². The van der Waals surface area contributed by atoms with Crippen molar-refractivity contribution in [1.82, 2.24) is 15.1 Å². The summed E-state index contributed by atoms with van der Waals surface area (Å²) in [7, 11) is 2.00. The van der Waals surface area contributed by atoms with Crippen LogP contribution in [0.2, 0.25) is 0 Å². The summed E-state index contributed by atoms with van der Waals surface area (Å²) >= 11 is 3.51. The molecule has 0 saturated carbocycles. The first kappa shape index (κ1) is 14.3. The fourth-order valence-electron chi connectivity index (χ4n) is 2.06. The topological polar surface area (TPSA) is 29.9 Å². The summed E-state index contributed by atoms with van der Waals surface area (Å²) in [5.74, 6) is 0. The van der Waals surface area contributed by atoms with E-state index >= 15 is 0 Å². The summed E-state index contributed by atoms with van der Waals surface area (Å²) in [6.45, 7) is 5.14. The SMILES string of the molecule is CCc1cc(CN[C@H](C)c2cccc(Br)c2)n(C)n1. The van der Waals surface area contributed by atoms with Crippen LogP contribution in [0.4, 0.5) is 0 Å². The molecule has 0 radical (unpaired) electrons. The van der Waals surface area contributed by atoms with Crippen molar-refractivity contribution in [2.24, 2.45) is 7.05 Å². The normalized spacial score (nSPS) is 12.6. The zero-order chi connectivity index (χ0) is 13.8. The molecule has 0 fully saturated rings. The average molecular weight is 322 g/mol. The Hall–Kier alpha value is -1.13. The summed E-state index contributed by atoms with van der Waals surface area (Å²) in [5, 5.41) is 8.00. The standard InChI is InChI=1S/C15H20BrN3/c1-4-14-9-15(19(3)18-14)10-17-11(2)12-6-5-7-13(16)8-12/h5-9,11,17H,4,10H2,1-3H3/t11-/m1/s1. The first-order valence-electron chi connectivity index (χ1n) is 6.60. The fourth-order valence-corrected chi connectivity index (χ4v) is 2.48. The summed E-state index contributed by atoms with van der Waals surface area (Å²) in [5.41, 5.74) is 3.65. The minimum Gasteiger partial charge on any atom is -0.305 e. The summed E-state index contributed by atoms with van der Waals surface area (Å²) in [4.78, 5) is 0. The monoisotopic (exact) mass is 321 g/mol. The van der Waals surface area contributed by atoms with Crippen LogP contribution in [0.1, 0.15) is 36.8 Å². The van der Waals surface area contributed by atoms with Gasteiger partial charge in [0.25, 0.3) is 0 Å². The van der Waals surface area contributed by atoms with Gasteiger partial charge in [-0.1, -0.05) is 35.0 Å². The second-order valence-electron chi connectivity index (χ2n) is 4.76. The van der Waals surface area contributed by atoms with Crippen LogP contribution in [-0.4, -0.2) is 9.78 Å². The Morgan fingerprint density at radius 2 is 2.16 bits per heavy atom. The van der Waals surface area contributed by atoms with Crippen molar-refractivity contribution in [3.63, 3.8) is 0 Å². The Balaban J connectivity index is 2.00. The van der Waals surface area contributed by atoms with E-state index in [0.717, 1.165) is 23.1 Å². The van der Waals surface area contributed by atoms with Crippen LogP contribution < -0.4 is 5.32 Å². The van der Waals surface area contributed by atoms with E-state index in [1.54, 1.807) is 0 Å². The zero-order valence-electron chi connectivity index (χ0n) is 11.7. The third-order valence-corrected chi connectivity index (χ3v) is 3.82. The number of aryl methyl sites for hydroxylation is 2. The van der Waals surface area contributed by atoms with Gasteiger partial charge in [-0.25, -0.2) is 0 Å². The van der Waals surface area contributed by atoms with Gasteiger partial charge in [-0.15, -0.1) is 0 Å². The number of aromatic nitrogens is 2. The van der Waals surface area contributed by atoms with Crippen molar-refractivity contribution in [3.05, 3.63) is 51.8 Å². The van der Waals surface area contributed by atoms with Gasteiger partial charge in [-0.2, -0.15) is 5.10 Å². The van der Waals surface area contributed by atoms with E-state index in [-0.39, 0.29) is 0 Å². The van der Waals surface area contributed by atoms with E-state index < -0.39 is 0 Å². The van der Waals surface area contributed by atoms with Gasteiger partial charge in [0, 0.05) is 24.1 Å². The van der Waals surface area contributed by atoms with Gasteiger partial charge in [0.05, 0.1) is 11.4 Å². The molecule has 2 aromatic rings. The van der Waals surface area contributed by atoms with Crippen molar-refractivity contribution < 1.29 is 0 Å². The molecule has 4 heteroatoms. The van der Waals surface area contributed by atoms with E-state index in [1.807, 2.05) is 17.8 Å². The van der Waals surface area contributed by atoms with Gasteiger partial charge in [0.15, 0.2) is 0 Å². The highest BCUT2D eigenvalue weighted by Gasteiger charge is 2.08. The van der Waals surface area contributed by atoms with Crippen molar-refractivity contribution in [3.8, 4) is 0 Å². The van der Waals surface area contributed by atoms with Crippen LogP contribution in [0.5, 0.6) is 0 Å². The average Bonchev–Trinajstić information content (AvgIpc) is 2.76. The van der Waals surface area contributed by atoms with Crippen molar-refractivity contribution >= 4 is 15.9 Å². The minimum atomic E-state index is 0.317. The second-order valence-corrected chi connectivity index (χ2v) is 5.68. The Morgan fingerprint density at radius 3 is 2.79 bits per heavy atom. The van der Waals surface area contributed by atoms with Crippen LogP contribution in [-0.2, 0) is 20.0 Å². The molecule has 2 rings (SSSR count). The Bertz CT molecular complexity index is 548. The second kappa shape index (κ2) is 6.35. The molecule has 0 aliphatic carbocycles. The van der Waals surface area contributed by atoms with Crippen LogP contribution in [0.25, 0.3) is 0 Å². The number of nitrogens with zero attached hydrogens (tertiary/aromatic N) is 2. The van der Waals surface area contributed by atoms with E-state index in [9.17, 15) is 0 Å². The smallest absolute Gasteiger partial charge is 0.0625 e. The van der Waals surface area contributed by atoms with E-state index in [1.165, 1.54) is 11.3 Å². The molecule has 1 N–H and O–H groups in total. The lowest BCUT2D eigenvalue weighted by atomic mass is 10.1. The van der Waals surface area contributed by atoms with Crippen LogP contribution in [0, 0.1) is 0 Å². The predicted molar refractivity (Wildman–Crippen MR) is 82.0 cm³/mol. The van der Waals surface area contributed by atoms with Gasteiger partial charge >= 0.3 is 0 Å². The molecule has 3 nitrogen and oxygen atoms in total. The van der Waals surface area contributed by atoms with Crippen molar-refractivity contribution in [2.45, 2.75) is 32.9 Å². The molecule has 1 aromatic heterocycles. The molecular weight excluding hydrogens is 302 g/mol. The van der Waals surface area contributed by atoms with Crippen LogP contribution in [0.15, 0.2) is 34.8 Å². The third kappa shape index (κ3) is 3.67. The molecular formula is C15H20BrN3. The molecule has 1 aromatic carbocycles. The van der Waals surface area contributed by atoms with Gasteiger partial charge in [0.2, 0.25) is 0 Å². The number of nitrogens with one attached hydrogen (secondary N) is 1. The highest BCUT2D eigenvalue weighted by Crippen LogP contribution is 2.18. The van der Waals surface area contributed by atoms with Gasteiger partial charge in [0.1, 0.15) is 0 Å². The van der Waals surface area contributed by atoms with Gasteiger partial charge in [-0.3, -0.25) is 4.68 Å². The third-order valence-electron chi connectivity index (χ3n) is 3.33. The molecule has 102 valence electrons. The lowest BCUT2D eigenvalue weighted by Gasteiger charge is -2.14. The molecule has 0 bridgehead atoms. The number of hydrogen-bond donors (Lipinski definition) is 1. The summed E-state index contributed by atoms with van der Waals surface area (Å²) in [6, 6.07) is 10.9. The lowest BCUT2D eigenvalue weighted by Crippen LogP contribution is -2.19. The minimum absolute atomic E-state index is 0.317. The number of hydrogen-bond acceptors (Lipinski definition) is 2. The lowest BCUT2D eigenvalue weighted by molar-refractivity contribution is 0.547. The zero-order valence-corrected chi connectivity index (χ0v) is 13.2. The molecule has 1 heterocycles. The van der Waals surface area contributed by atoms with Gasteiger partial charge in [-0.05, 0) is 37.1 Å². The summed E-state index contributed by atoms with van der Waals surface area (Å²) < 4.78 is 3.08. The largest absolute Gasteiger partial charge is 0.305 e. The Morgan fingerprint density at radius 1 is 1.37 bits per heavy atom. The molecule has 0 spiro atoms. The highest BCUT2D eigenvalue weighted by atomic mass is 79.9. The molecule has 19 heavy (non-hydrogen) atoms. The molecule has 0 unspecified atom stereocenters. The Kier molecular flexibility index (Phi) is 4.77. The predicted octanol–water partition coefficient (Wildman–Crippen LogP) is 3.60. The summed E-state index contributed by atoms with van der Waals surface area (Å²) in [6.07, 6.45) is 0.981. The van der Waals surface area contributed by atoms with Crippen LogP contribution in [0.3, 0.4) is 0 Å². The molecule has 0 aliphatic rings. The maximum absolute atomic E-state index is 4.46. The van der Waals surface area contributed by atoms with Gasteiger partial charge < -0.3 is 5.32 Å². The maximum atomic E-state index is 4.46. The molecule has 0 saturated heterocycles. The molecule has 0 aliphatic heterocycles. The Labute approximate surface area is 123 Å². The number of rotatable bonds is 5. The number of benzene rings is 1. The fraction of sp³-hybridized carbons (Fsp3) is 0.400. The first-order valence-corrected chi connectivity index (χ1v) is 7.40. The first-order chi connectivity index (χ1) is 9.10. The van der Waals surface area contributed by atoms with Crippen molar-refractivity contribution in [1.29, 1.82) is 0 Å². The van der Waals surface area contributed by atoms with E-state index in [2.05, 4.69) is 64.5 Å². The quantitative estimate of drug-likeness (QED) is 0.911. The van der Waals surface area contributed by atoms with Crippen LogP contribution >= 0.6 is 15.9 Å². The number of halogens is 1. The maximum Gasteiger partial charge on any atom is 0.0625 e. The molecule has 0 amide bonds.